The Morgan fingerprint density at radius 1 is 0.893 bits per heavy atom. The van der Waals surface area contributed by atoms with Crippen LogP contribution in [0.3, 0.4) is 0 Å². The van der Waals surface area contributed by atoms with E-state index in [1.54, 1.807) is 0 Å². The zero-order valence-electron chi connectivity index (χ0n) is 16.5. The van der Waals surface area contributed by atoms with Gasteiger partial charge in [0.25, 0.3) is 5.91 Å². The lowest BCUT2D eigenvalue weighted by Crippen LogP contribution is -2.14. The van der Waals surface area contributed by atoms with Crippen molar-refractivity contribution in [3.63, 3.8) is 0 Å². The Morgan fingerprint density at radius 2 is 1.64 bits per heavy atom. The first kappa shape index (κ1) is 18.0. The monoisotopic (exact) mass is 370 g/mol. The molecule has 140 valence electrons. The summed E-state index contributed by atoms with van der Waals surface area (Å²) in [6, 6.07) is 17.4. The van der Waals surface area contributed by atoms with Gasteiger partial charge in [0.15, 0.2) is 5.58 Å². The van der Waals surface area contributed by atoms with Gasteiger partial charge in [-0.3, -0.25) is 4.79 Å². The molecule has 0 spiro atoms. The van der Waals surface area contributed by atoms with E-state index in [9.17, 15) is 4.79 Å². The van der Waals surface area contributed by atoms with Crippen LogP contribution in [0.5, 0.6) is 0 Å². The Labute approximate surface area is 164 Å². The molecule has 1 N–H and O–H groups in total. The minimum absolute atomic E-state index is 0.123. The van der Waals surface area contributed by atoms with Crippen LogP contribution in [-0.4, -0.2) is 10.9 Å². The number of aromatic nitrogens is 1. The summed E-state index contributed by atoms with van der Waals surface area (Å²) < 4.78 is 6.01. The molecule has 0 radical (unpaired) electrons. The molecule has 0 atom stereocenters. The second-order valence-corrected chi connectivity index (χ2v) is 7.17. The third-order valence-electron chi connectivity index (χ3n) is 5.21. The lowest BCUT2D eigenvalue weighted by Gasteiger charge is -2.12. The molecule has 3 aromatic carbocycles. The van der Waals surface area contributed by atoms with E-state index in [4.69, 9.17) is 4.42 Å². The normalized spacial score (nSPS) is 11.0. The second kappa shape index (κ2) is 6.97. The molecule has 0 bridgehead atoms. The molecule has 0 aliphatic rings. The van der Waals surface area contributed by atoms with Crippen molar-refractivity contribution in [2.24, 2.45) is 0 Å². The Morgan fingerprint density at radius 3 is 2.43 bits per heavy atom. The van der Waals surface area contributed by atoms with Crippen molar-refractivity contribution in [3.8, 4) is 11.5 Å². The van der Waals surface area contributed by atoms with Gasteiger partial charge in [0.2, 0.25) is 5.89 Å². The SMILES string of the molecule is Cc1cc2nc(-c3cccc(NC(=O)c4ccccc4C)c3C)oc2cc1C. The van der Waals surface area contributed by atoms with Crippen molar-refractivity contribution >= 4 is 22.7 Å². The second-order valence-electron chi connectivity index (χ2n) is 7.17. The van der Waals surface area contributed by atoms with Gasteiger partial charge < -0.3 is 9.73 Å². The number of nitrogens with zero attached hydrogens (tertiary/aromatic N) is 1. The Kier molecular flexibility index (Phi) is 4.47. The number of carbonyl (C=O) groups is 1. The first-order valence-corrected chi connectivity index (χ1v) is 9.29. The topological polar surface area (TPSA) is 55.1 Å². The van der Waals surface area contributed by atoms with Crippen LogP contribution < -0.4 is 5.32 Å². The maximum absolute atomic E-state index is 12.7. The van der Waals surface area contributed by atoms with Gasteiger partial charge in [-0.2, -0.15) is 0 Å². The molecule has 0 saturated heterocycles. The predicted molar refractivity (Wildman–Crippen MR) is 113 cm³/mol. The molecule has 4 nitrogen and oxygen atoms in total. The van der Waals surface area contributed by atoms with Crippen molar-refractivity contribution in [1.82, 2.24) is 4.98 Å². The number of hydrogen-bond donors (Lipinski definition) is 1. The average Bonchev–Trinajstić information content (AvgIpc) is 3.06. The van der Waals surface area contributed by atoms with Crippen LogP contribution in [0.1, 0.15) is 32.6 Å². The number of oxazole rings is 1. The number of benzene rings is 3. The van der Waals surface area contributed by atoms with Gasteiger partial charge in [-0.25, -0.2) is 4.98 Å². The number of hydrogen-bond acceptors (Lipinski definition) is 3. The predicted octanol–water partition coefficient (Wildman–Crippen LogP) is 5.98. The highest BCUT2D eigenvalue weighted by molar-refractivity contribution is 6.06. The molecule has 0 saturated carbocycles. The number of aryl methyl sites for hydroxylation is 3. The van der Waals surface area contributed by atoms with E-state index in [1.165, 1.54) is 11.1 Å². The van der Waals surface area contributed by atoms with E-state index < -0.39 is 0 Å². The molecule has 0 aliphatic carbocycles. The molecular formula is C24H22N2O2. The molecule has 0 unspecified atom stereocenters. The number of amides is 1. The van der Waals surface area contributed by atoms with E-state index in [0.717, 1.165) is 33.5 Å². The maximum atomic E-state index is 12.7. The van der Waals surface area contributed by atoms with Gasteiger partial charge in [-0.05, 0) is 80.3 Å². The molecule has 0 aliphatic heterocycles. The number of fused-ring (bicyclic) bond motifs is 1. The van der Waals surface area contributed by atoms with Gasteiger partial charge in [0, 0.05) is 16.8 Å². The molecule has 28 heavy (non-hydrogen) atoms. The van der Waals surface area contributed by atoms with E-state index in [-0.39, 0.29) is 5.91 Å². The van der Waals surface area contributed by atoms with Gasteiger partial charge in [-0.1, -0.05) is 24.3 Å². The van der Waals surface area contributed by atoms with Gasteiger partial charge in [-0.15, -0.1) is 0 Å². The highest BCUT2D eigenvalue weighted by Gasteiger charge is 2.16. The lowest BCUT2D eigenvalue weighted by atomic mass is 10.1. The molecule has 4 aromatic rings. The standard InChI is InChI=1S/C24H22N2O2/c1-14-8-5-6-9-18(14)23(27)25-20-11-7-10-19(17(20)4)24-26-21-12-15(2)16(3)13-22(21)28-24/h5-13H,1-4H3,(H,25,27). The van der Waals surface area contributed by atoms with Gasteiger partial charge in [0.05, 0.1) is 0 Å². The largest absolute Gasteiger partial charge is 0.436 e. The summed E-state index contributed by atoms with van der Waals surface area (Å²) in [4.78, 5) is 17.4. The van der Waals surface area contributed by atoms with Crippen molar-refractivity contribution in [3.05, 3.63) is 82.4 Å². The fourth-order valence-corrected chi connectivity index (χ4v) is 3.32. The number of anilines is 1. The molecule has 1 aromatic heterocycles. The van der Waals surface area contributed by atoms with Crippen LogP contribution in [0.4, 0.5) is 5.69 Å². The van der Waals surface area contributed by atoms with Crippen molar-refractivity contribution in [2.75, 3.05) is 5.32 Å². The summed E-state index contributed by atoms with van der Waals surface area (Å²) in [5.74, 6) is 0.437. The van der Waals surface area contributed by atoms with Crippen LogP contribution in [0.2, 0.25) is 0 Å². The van der Waals surface area contributed by atoms with Crippen LogP contribution in [0.15, 0.2) is 59.0 Å². The maximum Gasteiger partial charge on any atom is 0.255 e. The Balaban J connectivity index is 1.71. The molecule has 0 fully saturated rings. The summed E-state index contributed by atoms with van der Waals surface area (Å²) >= 11 is 0. The molecular weight excluding hydrogens is 348 g/mol. The lowest BCUT2D eigenvalue weighted by molar-refractivity contribution is 0.102. The van der Waals surface area contributed by atoms with Crippen LogP contribution in [0.25, 0.3) is 22.6 Å². The number of carbonyl (C=O) groups excluding carboxylic acids is 1. The minimum Gasteiger partial charge on any atom is -0.436 e. The zero-order chi connectivity index (χ0) is 19.8. The third-order valence-corrected chi connectivity index (χ3v) is 5.21. The molecule has 1 heterocycles. The average molecular weight is 370 g/mol. The van der Waals surface area contributed by atoms with Gasteiger partial charge in [0.1, 0.15) is 5.52 Å². The summed E-state index contributed by atoms with van der Waals surface area (Å²) in [7, 11) is 0. The quantitative estimate of drug-likeness (QED) is 0.482. The van der Waals surface area contributed by atoms with Crippen LogP contribution in [0, 0.1) is 27.7 Å². The highest BCUT2D eigenvalue weighted by Crippen LogP contribution is 2.31. The summed E-state index contributed by atoms with van der Waals surface area (Å²) in [6.45, 7) is 8.02. The third kappa shape index (κ3) is 3.18. The molecule has 4 heteroatoms. The smallest absolute Gasteiger partial charge is 0.255 e. The fourth-order valence-electron chi connectivity index (χ4n) is 3.32. The van der Waals surface area contributed by atoms with E-state index in [0.29, 0.717) is 11.5 Å². The van der Waals surface area contributed by atoms with E-state index >= 15 is 0 Å². The highest BCUT2D eigenvalue weighted by atomic mass is 16.3. The molecule has 1 amide bonds. The Hall–Kier alpha value is -3.40. The summed E-state index contributed by atoms with van der Waals surface area (Å²) in [5, 5.41) is 3.02. The zero-order valence-corrected chi connectivity index (χ0v) is 16.5. The Bertz CT molecular complexity index is 1170. The first-order chi connectivity index (χ1) is 13.4. The van der Waals surface area contributed by atoms with Crippen molar-refractivity contribution < 1.29 is 9.21 Å². The first-order valence-electron chi connectivity index (χ1n) is 9.29. The fraction of sp³-hybridized carbons (Fsp3) is 0.167. The van der Waals surface area contributed by atoms with Crippen molar-refractivity contribution in [2.45, 2.75) is 27.7 Å². The summed E-state index contributed by atoms with van der Waals surface area (Å²) in [6.07, 6.45) is 0. The summed E-state index contributed by atoms with van der Waals surface area (Å²) in [5.41, 5.74) is 8.12. The van der Waals surface area contributed by atoms with Crippen molar-refractivity contribution in [1.29, 1.82) is 0 Å². The molecule has 4 rings (SSSR count). The number of nitrogens with one attached hydrogen (secondary N) is 1. The number of rotatable bonds is 3. The van der Waals surface area contributed by atoms with E-state index in [1.807, 2.05) is 68.4 Å². The van der Waals surface area contributed by atoms with E-state index in [2.05, 4.69) is 24.1 Å². The van der Waals surface area contributed by atoms with Gasteiger partial charge >= 0.3 is 0 Å². The minimum atomic E-state index is -0.123. The van der Waals surface area contributed by atoms with Crippen LogP contribution >= 0.6 is 0 Å². The van der Waals surface area contributed by atoms with Crippen LogP contribution in [-0.2, 0) is 0 Å².